The molecular weight excluding hydrogens is 440 g/mol. The Morgan fingerprint density at radius 2 is 1.81 bits per heavy atom. The molecule has 9 nitrogen and oxygen atoms in total. The topological polar surface area (TPSA) is 138 Å². The first-order valence-electron chi connectivity index (χ1n) is 9.44. The number of hydrogen-bond donors (Lipinski definition) is 3. The Balaban J connectivity index is 1.56. The Labute approximate surface area is 180 Å². The third-order valence-electron chi connectivity index (χ3n) is 4.99. The Hall–Kier alpha value is -3.02. The summed E-state index contributed by atoms with van der Waals surface area (Å²) < 4.78 is 54.4. The lowest BCUT2D eigenvalue weighted by molar-refractivity contribution is -0.118. The van der Waals surface area contributed by atoms with Gasteiger partial charge in [-0.05, 0) is 29.7 Å². The highest BCUT2D eigenvalue weighted by molar-refractivity contribution is 7.90. The number of H-pyrrole nitrogens is 1. The summed E-state index contributed by atoms with van der Waals surface area (Å²) in [4.78, 5) is 18.7. The summed E-state index contributed by atoms with van der Waals surface area (Å²) in [5.41, 5.74) is 1.28. The molecule has 0 aliphatic carbocycles. The van der Waals surface area contributed by atoms with Crippen LogP contribution in [0.2, 0.25) is 0 Å². The van der Waals surface area contributed by atoms with Gasteiger partial charge in [0.1, 0.15) is 11.1 Å². The van der Waals surface area contributed by atoms with E-state index in [1.54, 1.807) is 48.7 Å². The van der Waals surface area contributed by atoms with Crippen molar-refractivity contribution in [2.75, 3.05) is 0 Å². The molecule has 2 atom stereocenters. The van der Waals surface area contributed by atoms with E-state index in [9.17, 15) is 21.6 Å². The first-order valence-corrected chi connectivity index (χ1v) is 12.5. The van der Waals surface area contributed by atoms with Crippen molar-refractivity contribution in [3.63, 3.8) is 0 Å². The van der Waals surface area contributed by atoms with Crippen LogP contribution in [0.25, 0.3) is 0 Å². The normalized spacial score (nSPS) is 19.1. The van der Waals surface area contributed by atoms with Crippen LogP contribution in [0, 0.1) is 0 Å². The molecule has 1 amide bonds. The molecule has 0 saturated carbocycles. The number of aromatic amines is 1. The lowest BCUT2D eigenvalue weighted by atomic mass is 10.0. The predicted molar refractivity (Wildman–Crippen MR) is 113 cm³/mol. The van der Waals surface area contributed by atoms with E-state index >= 15 is 0 Å². The van der Waals surface area contributed by atoms with E-state index in [2.05, 4.69) is 14.7 Å². The Bertz CT molecular complexity index is 1270. The summed E-state index contributed by atoms with van der Waals surface area (Å²) >= 11 is 0. The SMILES string of the molecule is O=C1CC(c2ccc(CC(NS(=O)(=O)c3ccccc3)c3ncc[nH]3)cc2)S(=O)(=O)N1. The summed E-state index contributed by atoms with van der Waals surface area (Å²) in [6.07, 6.45) is 3.32. The van der Waals surface area contributed by atoms with Gasteiger partial charge in [0.25, 0.3) is 0 Å². The van der Waals surface area contributed by atoms with E-state index in [1.165, 1.54) is 18.3 Å². The smallest absolute Gasteiger partial charge is 0.242 e. The fourth-order valence-corrected chi connectivity index (χ4v) is 6.12. The number of aromatic nitrogens is 2. The zero-order chi connectivity index (χ0) is 22.1. The number of hydrogen-bond acceptors (Lipinski definition) is 6. The maximum Gasteiger partial charge on any atom is 0.242 e. The Morgan fingerprint density at radius 3 is 2.39 bits per heavy atom. The van der Waals surface area contributed by atoms with Gasteiger partial charge < -0.3 is 4.98 Å². The van der Waals surface area contributed by atoms with Crippen LogP contribution in [-0.2, 0) is 31.3 Å². The van der Waals surface area contributed by atoms with Gasteiger partial charge in [0.15, 0.2) is 0 Å². The largest absolute Gasteiger partial charge is 0.347 e. The number of rotatable bonds is 7. The third-order valence-corrected chi connectivity index (χ3v) is 8.18. The molecule has 162 valence electrons. The number of nitrogens with zero attached hydrogens (tertiary/aromatic N) is 1. The molecule has 2 unspecified atom stereocenters. The maximum atomic E-state index is 12.8. The molecule has 1 aromatic heterocycles. The van der Waals surface area contributed by atoms with Crippen molar-refractivity contribution in [1.82, 2.24) is 19.4 Å². The molecule has 0 radical (unpaired) electrons. The molecule has 1 aliphatic heterocycles. The Kier molecular flexibility index (Phi) is 5.65. The van der Waals surface area contributed by atoms with Crippen LogP contribution in [0.15, 0.2) is 71.9 Å². The molecule has 0 bridgehead atoms. The predicted octanol–water partition coefficient (Wildman–Crippen LogP) is 1.56. The fraction of sp³-hybridized carbons (Fsp3) is 0.200. The number of carbonyl (C=O) groups is 1. The molecule has 31 heavy (non-hydrogen) atoms. The molecule has 1 aliphatic rings. The molecule has 2 aromatic carbocycles. The van der Waals surface area contributed by atoms with Crippen molar-refractivity contribution < 1.29 is 21.6 Å². The van der Waals surface area contributed by atoms with E-state index < -0.39 is 37.2 Å². The van der Waals surface area contributed by atoms with Crippen molar-refractivity contribution in [1.29, 1.82) is 0 Å². The van der Waals surface area contributed by atoms with Gasteiger partial charge in [-0.2, -0.15) is 0 Å². The lowest BCUT2D eigenvalue weighted by Gasteiger charge is -2.18. The number of amides is 1. The summed E-state index contributed by atoms with van der Waals surface area (Å²) in [6.45, 7) is 0. The molecule has 3 N–H and O–H groups in total. The van der Waals surface area contributed by atoms with Crippen LogP contribution in [0.5, 0.6) is 0 Å². The summed E-state index contributed by atoms with van der Waals surface area (Å²) in [6, 6.07) is 14.1. The van der Waals surface area contributed by atoms with Crippen molar-refractivity contribution in [2.24, 2.45) is 0 Å². The van der Waals surface area contributed by atoms with Crippen molar-refractivity contribution in [3.05, 3.63) is 83.9 Å². The third kappa shape index (κ3) is 4.68. The van der Waals surface area contributed by atoms with Gasteiger partial charge in [0, 0.05) is 12.4 Å². The monoisotopic (exact) mass is 460 g/mol. The highest BCUT2D eigenvalue weighted by Gasteiger charge is 2.37. The van der Waals surface area contributed by atoms with E-state index in [1.807, 2.05) is 4.72 Å². The second-order valence-electron chi connectivity index (χ2n) is 7.17. The van der Waals surface area contributed by atoms with Crippen LogP contribution in [0.4, 0.5) is 0 Å². The van der Waals surface area contributed by atoms with Gasteiger partial charge in [-0.3, -0.25) is 9.52 Å². The average molecular weight is 461 g/mol. The van der Waals surface area contributed by atoms with Crippen molar-refractivity contribution >= 4 is 26.0 Å². The van der Waals surface area contributed by atoms with Crippen molar-refractivity contribution in [3.8, 4) is 0 Å². The lowest BCUT2D eigenvalue weighted by Crippen LogP contribution is -2.30. The molecule has 3 aromatic rings. The van der Waals surface area contributed by atoms with Gasteiger partial charge in [-0.25, -0.2) is 26.5 Å². The van der Waals surface area contributed by atoms with Crippen LogP contribution in [-0.4, -0.2) is 32.7 Å². The summed E-state index contributed by atoms with van der Waals surface area (Å²) in [7, 11) is -7.51. The standard InChI is InChI=1S/C20H20N4O5S2/c25-19-13-18(31(28,29)24-19)15-8-6-14(7-9-15)12-17(20-21-10-11-22-20)23-30(26,27)16-4-2-1-3-5-16/h1-11,17-18,23H,12-13H2,(H,21,22)(H,24,25). The first kappa shape index (κ1) is 21.2. The number of carbonyl (C=O) groups excluding carboxylic acids is 1. The Morgan fingerprint density at radius 1 is 1.10 bits per heavy atom. The van der Waals surface area contributed by atoms with Crippen LogP contribution in [0.3, 0.4) is 0 Å². The van der Waals surface area contributed by atoms with Crippen LogP contribution < -0.4 is 9.44 Å². The molecule has 1 saturated heterocycles. The zero-order valence-electron chi connectivity index (χ0n) is 16.2. The number of benzene rings is 2. The quantitative estimate of drug-likeness (QED) is 0.489. The van der Waals surface area contributed by atoms with Gasteiger partial charge in [0.05, 0.1) is 17.4 Å². The highest BCUT2D eigenvalue weighted by Crippen LogP contribution is 2.30. The van der Waals surface area contributed by atoms with E-state index in [4.69, 9.17) is 0 Å². The number of nitrogens with one attached hydrogen (secondary N) is 3. The van der Waals surface area contributed by atoms with Gasteiger partial charge >= 0.3 is 0 Å². The fourth-order valence-electron chi connectivity index (χ4n) is 3.47. The average Bonchev–Trinajstić information content (AvgIpc) is 3.36. The summed E-state index contributed by atoms with van der Waals surface area (Å²) in [5.74, 6) is -0.0703. The molecule has 11 heteroatoms. The molecule has 1 fully saturated rings. The second kappa shape index (κ2) is 8.25. The van der Waals surface area contributed by atoms with Gasteiger partial charge in [-0.15, -0.1) is 0 Å². The van der Waals surface area contributed by atoms with E-state index in [0.29, 0.717) is 11.4 Å². The molecule has 4 rings (SSSR count). The van der Waals surface area contributed by atoms with Crippen molar-refractivity contribution in [2.45, 2.75) is 29.0 Å². The van der Waals surface area contributed by atoms with E-state index in [0.717, 1.165) is 5.56 Å². The second-order valence-corrected chi connectivity index (χ2v) is 10.7. The molecule has 2 heterocycles. The van der Waals surface area contributed by atoms with Gasteiger partial charge in [-0.1, -0.05) is 42.5 Å². The maximum absolute atomic E-state index is 12.8. The minimum absolute atomic E-state index is 0.117. The molecular formula is C20H20N4O5S2. The van der Waals surface area contributed by atoms with Gasteiger partial charge in [0.2, 0.25) is 26.0 Å². The zero-order valence-corrected chi connectivity index (χ0v) is 17.9. The first-order chi connectivity index (χ1) is 14.7. The van der Waals surface area contributed by atoms with Crippen LogP contribution >= 0.6 is 0 Å². The highest BCUT2D eigenvalue weighted by atomic mass is 32.2. The molecule has 0 spiro atoms. The summed E-state index contributed by atoms with van der Waals surface area (Å²) in [5, 5.41) is -0.925. The number of imidazole rings is 1. The number of sulfonamides is 2. The minimum atomic E-state index is -3.78. The van der Waals surface area contributed by atoms with E-state index in [-0.39, 0.29) is 17.7 Å². The van der Waals surface area contributed by atoms with Crippen LogP contribution in [0.1, 0.15) is 34.7 Å². The minimum Gasteiger partial charge on any atom is -0.347 e.